The monoisotopic (exact) mass is 168 g/mol. The normalized spacial score (nSPS) is 9.82. The molecule has 2 N–H and O–H groups in total. The van der Waals surface area contributed by atoms with Crippen LogP contribution in [0.15, 0.2) is 0 Å². The molecule has 11 heavy (non-hydrogen) atoms. The molecule has 0 spiro atoms. The maximum absolute atomic E-state index is 11.4. The minimum atomic E-state index is -2.54. The first-order valence-electron chi connectivity index (χ1n) is 3.10. The third-order valence-corrected chi connectivity index (χ3v) is 0.726. The Balaban J connectivity index is 3.23. The van der Waals surface area contributed by atoms with E-state index in [1.165, 1.54) is 0 Å². The fourth-order valence-electron chi connectivity index (χ4n) is 0.344. The van der Waals surface area contributed by atoms with Crippen molar-refractivity contribution in [2.24, 2.45) is 0 Å². The maximum Gasteiger partial charge on any atom is 0.338 e. The summed E-state index contributed by atoms with van der Waals surface area (Å²) in [5.41, 5.74) is 1.90. The van der Waals surface area contributed by atoms with Crippen LogP contribution in [0.25, 0.3) is 0 Å². The molecule has 0 aliphatic carbocycles. The SMILES string of the molecule is CCONC(=O)NCC(F)F. The predicted octanol–water partition coefficient (Wildman–Crippen LogP) is 0.502. The molecule has 0 aliphatic heterocycles. The summed E-state index contributed by atoms with van der Waals surface area (Å²) in [6.45, 7) is 1.29. The van der Waals surface area contributed by atoms with E-state index in [-0.39, 0.29) is 0 Å². The van der Waals surface area contributed by atoms with E-state index < -0.39 is 19.0 Å². The average molecular weight is 168 g/mol. The van der Waals surface area contributed by atoms with Gasteiger partial charge in [-0.3, -0.25) is 4.84 Å². The van der Waals surface area contributed by atoms with Gasteiger partial charge in [-0.2, -0.15) is 0 Å². The van der Waals surface area contributed by atoms with Gasteiger partial charge in [0, 0.05) is 0 Å². The Morgan fingerprint density at radius 1 is 1.64 bits per heavy atom. The molecule has 2 amide bonds. The molecular formula is C5H10F2N2O2. The Bertz CT molecular complexity index is 121. The van der Waals surface area contributed by atoms with Gasteiger partial charge in [0.05, 0.1) is 13.2 Å². The van der Waals surface area contributed by atoms with Crippen LogP contribution in [0.4, 0.5) is 13.6 Å². The van der Waals surface area contributed by atoms with Crippen molar-refractivity contribution in [1.29, 1.82) is 0 Å². The first-order valence-corrected chi connectivity index (χ1v) is 3.10. The van der Waals surface area contributed by atoms with Crippen LogP contribution in [0.1, 0.15) is 6.92 Å². The highest BCUT2D eigenvalue weighted by molar-refractivity contribution is 5.72. The molecule has 0 unspecified atom stereocenters. The molecule has 0 aliphatic rings. The van der Waals surface area contributed by atoms with Crippen molar-refractivity contribution in [3.05, 3.63) is 0 Å². The van der Waals surface area contributed by atoms with Gasteiger partial charge in [0.25, 0.3) is 6.43 Å². The van der Waals surface area contributed by atoms with E-state index >= 15 is 0 Å². The molecule has 0 heterocycles. The summed E-state index contributed by atoms with van der Waals surface area (Å²) in [5, 5.41) is 1.89. The number of nitrogens with one attached hydrogen (secondary N) is 2. The molecule has 0 aromatic heterocycles. The molecule has 0 bridgehead atoms. The topological polar surface area (TPSA) is 50.4 Å². The molecule has 66 valence electrons. The van der Waals surface area contributed by atoms with Crippen LogP contribution in [0.5, 0.6) is 0 Å². The number of amides is 2. The standard InChI is InChI=1S/C5H10F2N2O2/c1-2-11-9-5(10)8-3-4(6)7/h4H,2-3H2,1H3,(H2,8,9,10). The molecule has 0 saturated heterocycles. The number of hydroxylamine groups is 1. The first kappa shape index (κ1) is 10.1. The lowest BCUT2D eigenvalue weighted by atomic mass is 10.7. The molecular weight excluding hydrogens is 158 g/mol. The molecule has 0 fully saturated rings. The second-order valence-electron chi connectivity index (χ2n) is 1.64. The van der Waals surface area contributed by atoms with Crippen LogP contribution in [0, 0.1) is 0 Å². The summed E-state index contributed by atoms with van der Waals surface area (Å²) < 4.78 is 22.9. The highest BCUT2D eigenvalue weighted by Gasteiger charge is 2.04. The Labute approximate surface area is 62.9 Å². The summed E-state index contributed by atoms with van der Waals surface area (Å²) in [6, 6.07) is -0.757. The van der Waals surface area contributed by atoms with Crippen LogP contribution >= 0.6 is 0 Å². The number of alkyl halides is 2. The largest absolute Gasteiger partial charge is 0.338 e. The van der Waals surface area contributed by atoms with Gasteiger partial charge in [-0.15, -0.1) is 0 Å². The van der Waals surface area contributed by atoms with E-state index in [2.05, 4.69) is 4.84 Å². The lowest BCUT2D eigenvalue weighted by molar-refractivity contribution is 0.0676. The van der Waals surface area contributed by atoms with Crippen molar-refractivity contribution >= 4 is 6.03 Å². The number of hydrogen-bond donors (Lipinski definition) is 2. The fourth-order valence-corrected chi connectivity index (χ4v) is 0.344. The van der Waals surface area contributed by atoms with Crippen molar-refractivity contribution in [2.45, 2.75) is 13.3 Å². The van der Waals surface area contributed by atoms with Crippen LogP contribution in [-0.2, 0) is 4.84 Å². The van der Waals surface area contributed by atoms with Crippen molar-refractivity contribution in [3.63, 3.8) is 0 Å². The quantitative estimate of drug-likeness (QED) is 0.600. The van der Waals surface area contributed by atoms with Gasteiger partial charge < -0.3 is 5.32 Å². The highest BCUT2D eigenvalue weighted by atomic mass is 19.3. The van der Waals surface area contributed by atoms with Gasteiger partial charge >= 0.3 is 6.03 Å². The summed E-state index contributed by atoms with van der Waals surface area (Å²) in [6.07, 6.45) is -2.54. The van der Waals surface area contributed by atoms with Gasteiger partial charge in [0.1, 0.15) is 0 Å². The molecule has 0 saturated carbocycles. The van der Waals surface area contributed by atoms with Crippen LogP contribution in [-0.4, -0.2) is 25.6 Å². The lowest BCUT2D eigenvalue weighted by Gasteiger charge is -2.04. The van der Waals surface area contributed by atoms with Crippen LogP contribution in [0.2, 0.25) is 0 Å². The summed E-state index contributed by atoms with van der Waals surface area (Å²) in [7, 11) is 0. The molecule has 6 heteroatoms. The van der Waals surface area contributed by atoms with E-state index in [9.17, 15) is 13.6 Å². The molecule has 0 atom stereocenters. The third-order valence-electron chi connectivity index (χ3n) is 0.726. The fraction of sp³-hybridized carbons (Fsp3) is 0.800. The van der Waals surface area contributed by atoms with Gasteiger partial charge in [-0.05, 0) is 6.92 Å². The zero-order valence-corrected chi connectivity index (χ0v) is 6.06. The van der Waals surface area contributed by atoms with E-state index in [1.807, 2.05) is 10.8 Å². The summed E-state index contributed by atoms with van der Waals surface area (Å²) in [5.74, 6) is 0. The molecule has 4 nitrogen and oxygen atoms in total. The van der Waals surface area contributed by atoms with E-state index in [4.69, 9.17) is 0 Å². The molecule has 0 aromatic rings. The second kappa shape index (κ2) is 5.84. The summed E-state index contributed by atoms with van der Waals surface area (Å²) >= 11 is 0. The van der Waals surface area contributed by atoms with Crippen molar-refractivity contribution in [3.8, 4) is 0 Å². The minimum Gasteiger partial charge on any atom is -0.331 e. The van der Waals surface area contributed by atoms with Crippen molar-refractivity contribution in [1.82, 2.24) is 10.8 Å². The van der Waals surface area contributed by atoms with Crippen LogP contribution in [0.3, 0.4) is 0 Å². The van der Waals surface area contributed by atoms with E-state index in [1.54, 1.807) is 6.92 Å². The lowest BCUT2D eigenvalue weighted by Crippen LogP contribution is -2.37. The van der Waals surface area contributed by atoms with Crippen molar-refractivity contribution < 1.29 is 18.4 Å². The average Bonchev–Trinajstić information content (AvgIpc) is 1.97. The number of carbonyl (C=O) groups excluding carboxylic acids is 1. The predicted molar refractivity (Wildman–Crippen MR) is 34.2 cm³/mol. The number of rotatable bonds is 4. The Kier molecular flexibility index (Phi) is 5.36. The summed E-state index contributed by atoms with van der Waals surface area (Å²) in [4.78, 5) is 14.8. The first-order chi connectivity index (χ1) is 5.16. The van der Waals surface area contributed by atoms with Crippen molar-refractivity contribution in [2.75, 3.05) is 13.2 Å². The minimum absolute atomic E-state index is 0.294. The van der Waals surface area contributed by atoms with Gasteiger partial charge in [-0.1, -0.05) is 0 Å². The number of carbonyl (C=O) groups is 1. The molecule has 0 aromatic carbocycles. The second-order valence-corrected chi connectivity index (χ2v) is 1.64. The highest BCUT2D eigenvalue weighted by Crippen LogP contribution is 1.86. The zero-order valence-electron chi connectivity index (χ0n) is 6.06. The van der Waals surface area contributed by atoms with E-state index in [0.717, 1.165) is 0 Å². The van der Waals surface area contributed by atoms with Gasteiger partial charge in [0.2, 0.25) is 0 Å². The van der Waals surface area contributed by atoms with Gasteiger partial charge in [0.15, 0.2) is 0 Å². The van der Waals surface area contributed by atoms with E-state index in [0.29, 0.717) is 6.61 Å². The number of urea groups is 1. The molecule has 0 rings (SSSR count). The smallest absolute Gasteiger partial charge is 0.331 e. The Morgan fingerprint density at radius 2 is 2.27 bits per heavy atom. The molecule has 0 radical (unpaired) electrons. The Morgan fingerprint density at radius 3 is 2.73 bits per heavy atom. The Hall–Kier alpha value is -0.910. The third kappa shape index (κ3) is 6.98. The number of halogens is 2. The van der Waals surface area contributed by atoms with Crippen LogP contribution < -0.4 is 10.8 Å². The zero-order chi connectivity index (χ0) is 8.69. The number of hydrogen-bond acceptors (Lipinski definition) is 2. The van der Waals surface area contributed by atoms with Gasteiger partial charge in [-0.25, -0.2) is 19.1 Å². The maximum atomic E-state index is 11.4.